The largest absolute Gasteiger partial charge is 0.481 e. The van der Waals surface area contributed by atoms with Gasteiger partial charge in [-0.3, -0.25) is 14.9 Å². The van der Waals surface area contributed by atoms with Crippen LogP contribution in [0.15, 0.2) is 47.6 Å². The molecule has 0 saturated carbocycles. The molecule has 0 spiro atoms. The van der Waals surface area contributed by atoms with E-state index >= 15 is 0 Å². The van der Waals surface area contributed by atoms with Crippen molar-refractivity contribution in [3.8, 4) is 5.75 Å². The van der Waals surface area contributed by atoms with Crippen molar-refractivity contribution in [2.45, 2.75) is 31.7 Å². The summed E-state index contributed by atoms with van der Waals surface area (Å²) in [4.78, 5) is 22.7. The fourth-order valence-electron chi connectivity index (χ4n) is 2.84. The molecule has 9 nitrogen and oxygen atoms in total. The second-order valence-electron chi connectivity index (χ2n) is 6.56. The Balaban J connectivity index is 1.65. The van der Waals surface area contributed by atoms with Gasteiger partial charge in [0.05, 0.1) is 15.7 Å². The highest BCUT2D eigenvalue weighted by molar-refractivity contribution is 7.99. The molecule has 0 aliphatic rings. The highest BCUT2D eigenvalue weighted by Gasteiger charge is 2.20. The molecule has 1 amide bonds. The Bertz CT molecular complexity index is 1140. The molecule has 1 unspecified atom stereocenters. The first-order valence-corrected chi connectivity index (χ1v) is 11.2. The van der Waals surface area contributed by atoms with E-state index in [1.54, 1.807) is 24.3 Å². The Morgan fingerprint density at radius 1 is 1.28 bits per heavy atom. The van der Waals surface area contributed by atoms with Crippen molar-refractivity contribution < 1.29 is 14.5 Å². The van der Waals surface area contributed by atoms with Crippen molar-refractivity contribution in [1.29, 1.82) is 0 Å². The minimum Gasteiger partial charge on any atom is -0.481 e. The van der Waals surface area contributed by atoms with Crippen LogP contribution in [0.2, 0.25) is 10.0 Å². The summed E-state index contributed by atoms with van der Waals surface area (Å²) in [5.41, 5.74) is 0.252. The first kappa shape index (κ1) is 23.8. The SMILES string of the molecule is CCn1c(SCC(=O)Nc2cccc([N+](=O)[O-])c2)nnc1C(C)Oc1cc(Cl)ccc1Cl. The number of anilines is 1. The average molecular weight is 496 g/mol. The van der Waals surface area contributed by atoms with Crippen LogP contribution < -0.4 is 10.1 Å². The van der Waals surface area contributed by atoms with Crippen molar-refractivity contribution in [3.63, 3.8) is 0 Å². The van der Waals surface area contributed by atoms with E-state index in [0.717, 1.165) is 0 Å². The van der Waals surface area contributed by atoms with Gasteiger partial charge < -0.3 is 14.6 Å². The maximum atomic E-state index is 12.3. The molecule has 1 aromatic heterocycles. The lowest BCUT2D eigenvalue weighted by Crippen LogP contribution is -2.15. The second-order valence-corrected chi connectivity index (χ2v) is 8.35. The third kappa shape index (κ3) is 5.90. The lowest BCUT2D eigenvalue weighted by Gasteiger charge is -2.16. The number of non-ortho nitro benzene ring substituents is 1. The number of thioether (sulfide) groups is 1. The average Bonchev–Trinajstić information content (AvgIpc) is 3.18. The van der Waals surface area contributed by atoms with Gasteiger partial charge in [-0.25, -0.2) is 0 Å². The van der Waals surface area contributed by atoms with Gasteiger partial charge in [-0.1, -0.05) is 41.0 Å². The van der Waals surface area contributed by atoms with Gasteiger partial charge in [0, 0.05) is 35.5 Å². The number of ether oxygens (including phenoxy) is 1. The molecular weight excluding hydrogens is 477 g/mol. The van der Waals surface area contributed by atoms with E-state index in [4.69, 9.17) is 27.9 Å². The van der Waals surface area contributed by atoms with Crippen LogP contribution in [0.1, 0.15) is 25.8 Å². The van der Waals surface area contributed by atoms with Gasteiger partial charge in [0.1, 0.15) is 5.75 Å². The zero-order chi connectivity index (χ0) is 23.3. The van der Waals surface area contributed by atoms with Crippen LogP contribution >= 0.6 is 35.0 Å². The summed E-state index contributed by atoms with van der Waals surface area (Å²) in [7, 11) is 0. The summed E-state index contributed by atoms with van der Waals surface area (Å²) in [5.74, 6) is 0.738. The number of aromatic nitrogens is 3. The van der Waals surface area contributed by atoms with E-state index in [2.05, 4.69) is 15.5 Å². The highest BCUT2D eigenvalue weighted by Crippen LogP contribution is 2.32. The molecule has 3 aromatic rings. The predicted molar refractivity (Wildman–Crippen MR) is 124 cm³/mol. The van der Waals surface area contributed by atoms with Crippen molar-refractivity contribution in [2.24, 2.45) is 0 Å². The Morgan fingerprint density at radius 2 is 2.06 bits per heavy atom. The molecule has 0 bridgehead atoms. The second kappa shape index (κ2) is 10.7. The Labute approximate surface area is 198 Å². The van der Waals surface area contributed by atoms with E-state index in [-0.39, 0.29) is 17.3 Å². The smallest absolute Gasteiger partial charge is 0.271 e. The summed E-state index contributed by atoms with van der Waals surface area (Å²) in [6.07, 6.45) is -0.466. The van der Waals surface area contributed by atoms with Crippen LogP contribution in [0.4, 0.5) is 11.4 Å². The summed E-state index contributed by atoms with van der Waals surface area (Å²) < 4.78 is 7.76. The van der Waals surface area contributed by atoms with Crippen LogP contribution in [0.5, 0.6) is 5.75 Å². The molecule has 0 fully saturated rings. The summed E-state index contributed by atoms with van der Waals surface area (Å²) in [6.45, 7) is 4.31. The molecule has 1 atom stereocenters. The van der Waals surface area contributed by atoms with E-state index in [1.807, 2.05) is 18.4 Å². The number of carbonyl (C=O) groups is 1. The van der Waals surface area contributed by atoms with Gasteiger partial charge >= 0.3 is 0 Å². The Morgan fingerprint density at radius 3 is 2.78 bits per heavy atom. The molecule has 168 valence electrons. The topological polar surface area (TPSA) is 112 Å². The monoisotopic (exact) mass is 495 g/mol. The van der Waals surface area contributed by atoms with E-state index < -0.39 is 11.0 Å². The summed E-state index contributed by atoms with van der Waals surface area (Å²) in [5, 5.41) is 23.4. The Hall–Kier alpha value is -2.82. The molecule has 12 heteroatoms. The fourth-order valence-corrected chi connectivity index (χ4v) is 3.97. The molecule has 0 saturated heterocycles. The Kier molecular flexibility index (Phi) is 7.94. The molecule has 32 heavy (non-hydrogen) atoms. The van der Waals surface area contributed by atoms with Crippen LogP contribution in [0.25, 0.3) is 0 Å². The van der Waals surface area contributed by atoms with Crippen LogP contribution in [-0.4, -0.2) is 31.3 Å². The van der Waals surface area contributed by atoms with Gasteiger partial charge in [0.2, 0.25) is 5.91 Å². The number of rotatable bonds is 9. The van der Waals surface area contributed by atoms with Gasteiger partial charge in [0.15, 0.2) is 17.1 Å². The number of nitro benzene ring substituents is 1. The molecular formula is C20H19Cl2N5O4S. The first-order valence-electron chi connectivity index (χ1n) is 9.50. The summed E-state index contributed by atoms with van der Waals surface area (Å²) >= 11 is 13.4. The molecule has 2 aromatic carbocycles. The van der Waals surface area contributed by atoms with E-state index in [0.29, 0.717) is 39.0 Å². The van der Waals surface area contributed by atoms with Gasteiger partial charge in [-0.05, 0) is 32.0 Å². The number of carbonyl (C=O) groups excluding carboxylic acids is 1. The first-order chi connectivity index (χ1) is 15.3. The quantitative estimate of drug-likeness (QED) is 0.240. The van der Waals surface area contributed by atoms with Crippen molar-refractivity contribution >= 4 is 52.2 Å². The fraction of sp³-hybridized carbons (Fsp3) is 0.250. The number of hydrogen-bond donors (Lipinski definition) is 1. The maximum Gasteiger partial charge on any atom is 0.271 e. The lowest BCUT2D eigenvalue weighted by molar-refractivity contribution is -0.384. The zero-order valence-electron chi connectivity index (χ0n) is 17.1. The van der Waals surface area contributed by atoms with Gasteiger partial charge in [0.25, 0.3) is 5.69 Å². The zero-order valence-corrected chi connectivity index (χ0v) is 19.4. The van der Waals surface area contributed by atoms with Crippen LogP contribution in [-0.2, 0) is 11.3 Å². The van der Waals surface area contributed by atoms with Crippen molar-refractivity contribution in [2.75, 3.05) is 11.1 Å². The minimum atomic E-state index is -0.518. The number of amides is 1. The third-order valence-electron chi connectivity index (χ3n) is 4.30. The molecule has 0 aliphatic carbocycles. The lowest BCUT2D eigenvalue weighted by atomic mass is 10.3. The van der Waals surface area contributed by atoms with Crippen molar-refractivity contribution in [1.82, 2.24) is 14.8 Å². The number of benzene rings is 2. The van der Waals surface area contributed by atoms with Crippen molar-refractivity contribution in [3.05, 3.63) is 68.4 Å². The van der Waals surface area contributed by atoms with Gasteiger partial charge in [-0.15, -0.1) is 10.2 Å². The minimum absolute atomic E-state index is 0.0518. The third-order valence-corrected chi connectivity index (χ3v) is 5.81. The molecule has 0 radical (unpaired) electrons. The standard InChI is InChI=1S/C20H19Cl2N5O4S/c1-3-26-19(12(2)31-17-9-13(21)7-8-16(17)22)24-25-20(26)32-11-18(28)23-14-5-4-6-15(10-14)27(29)30/h4-10,12H,3,11H2,1-2H3,(H,23,28). The normalized spacial score (nSPS) is 11.8. The van der Waals surface area contributed by atoms with E-state index in [1.165, 1.54) is 30.0 Å². The maximum absolute atomic E-state index is 12.3. The molecule has 1 heterocycles. The number of nitrogens with zero attached hydrogens (tertiary/aromatic N) is 4. The van der Waals surface area contributed by atoms with Crippen LogP contribution in [0, 0.1) is 10.1 Å². The number of hydrogen-bond acceptors (Lipinski definition) is 7. The number of nitrogens with one attached hydrogen (secondary N) is 1. The molecule has 0 aliphatic heterocycles. The van der Waals surface area contributed by atoms with E-state index in [9.17, 15) is 14.9 Å². The highest BCUT2D eigenvalue weighted by atomic mass is 35.5. The molecule has 1 N–H and O–H groups in total. The number of nitro groups is 1. The summed E-state index contributed by atoms with van der Waals surface area (Å²) in [6, 6.07) is 10.7. The predicted octanol–water partition coefficient (Wildman–Crippen LogP) is 5.38. The number of halogens is 2. The van der Waals surface area contributed by atoms with Crippen LogP contribution in [0.3, 0.4) is 0 Å². The van der Waals surface area contributed by atoms with Gasteiger partial charge in [-0.2, -0.15) is 0 Å². The molecule has 3 rings (SSSR count).